The summed E-state index contributed by atoms with van der Waals surface area (Å²) in [7, 11) is 0. The molecule has 0 aliphatic carbocycles. The van der Waals surface area contributed by atoms with Crippen molar-refractivity contribution in [3.8, 4) is 0 Å². The molecular formula is C9H6BrNO3. The number of rotatable bonds is 3. The third-order valence-corrected chi connectivity index (χ3v) is 1.84. The molecule has 0 saturated carbocycles. The Morgan fingerprint density at radius 1 is 1.43 bits per heavy atom. The molecule has 1 heterocycles. The fourth-order valence-electron chi connectivity index (χ4n) is 0.718. The Balaban J connectivity index is 2.74. The van der Waals surface area contributed by atoms with Gasteiger partial charge in [-0.2, -0.15) is 0 Å². The second-order valence-corrected chi connectivity index (χ2v) is 3.32. The molecule has 4 nitrogen and oxygen atoms in total. The van der Waals surface area contributed by atoms with Gasteiger partial charge in [0, 0.05) is 10.7 Å². The van der Waals surface area contributed by atoms with E-state index in [0.717, 1.165) is 10.5 Å². The summed E-state index contributed by atoms with van der Waals surface area (Å²) in [6, 6.07) is 3.41. The number of aliphatic carboxylic acids is 1. The highest BCUT2D eigenvalue weighted by Gasteiger charge is 2.05. The molecule has 0 unspecified atom stereocenters. The van der Waals surface area contributed by atoms with E-state index in [2.05, 4.69) is 20.9 Å². The van der Waals surface area contributed by atoms with E-state index in [1.807, 2.05) is 0 Å². The van der Waals surface area contributed by atoms with Gasteiger partial charge in [-0.3, -0.25) is 9.78 Å². The van der Waals surface area contributed by atoms with Gasteiger partial charge < -0.3 is 5.11 Å². The lowest BCUT2D eigenvalue weighted by molar-refractivity contribution is -0.146. The van der Waals surface area contributed by atoms with Gasteiger partial charge in [0.1, 0.15) is 0 Å². The van der Waals surface area contributed by atoms with Crippen LogP contribution in [0.2, 0.25) is 0 Å². The third kappa shape index (κ3) is 3.10. The van der Waals surface area contributed by atoms with Gasteiger partial charge in [-0.05, 0) is 40.2 Å². The summed E-state index contributed by atoms with van der Waals surface area (Å²) < 4.78 is 0.819. The lowest BCUT2D eigenvalue weighted by Gasteiger charge is -1.91. The first kappa shape index (κ1) is 10.6. The Labute approximate surface area is 88.4 Å². The summed E-state index contributed by atoms with van der Waals surface area (Å²) in [5.41, 5.74) is 0.530. The third-order valence-electron chi connectivity index (χ3n) is 1.37. The van der Waals surface area contributed by atoms with Crippen LogP contribution in [-0.4, -0.2) is 21.8 Å². The first-order valence-corrected chi connectivity index (χ1v) is 4.46. The van der Waals surface area contributed by atoms with E-state index in [9.17, 15) is 9.59 Å². The zero-order valence-corrected chi connectivity index (χ0v) is 8.56. The molecule has 0 radical (unpaired) electrons. The quantitative estimate of drug-likeness (QED) is 0.657. The maximum Gasteiger partial charge on any atom is 0.376 e. The molecule has 0 amide bonds. The molecular weight excluding hydrogens is 250 g/mol. The molecule has 72 valence electrons. The van der Waals surface area contributed by atoms with E-state index in [1.54, 1.807) is 18.3 Å². The summed E-state index contributed by atoms with van der Waals surface area (Å²) in [6.45, 7) is 0. The van der Waals surface area contributed by atoms with E-state index in [4.69, 9.17) is 5.11 Å². The largest absolute Gasteiger partial charge is 0.475 e. The Bertz CT molecular complexity index is 384. The molecule has 0 aromatic carbocycles. The zero-order chi connectivity index (χ0) is 10.6. The lowest BCUT2D eigenvalue weighted by atomic mass is 10.3. The minimum atomic E-state index is -1.47. The van der Waals surface area contributed by atoms with Crippen molar-refractivity contribution < 1.29 is 14.7 Å². The van der Waals surface area contributed by atoms with Crippen LogP contribution in [0.4, 0.5) is 0 Å². The Morgan fingerprint density at radius 2 is 2.14 bits per heavy atom. The van der Waals surface area contributed by atoms with Gasteiger partial charge in [0.25, 0.3) is 5.78 Å². The van der Waals surface area contributed by atoms with Crippen molar-refractivity contribution in [2.45, 2.75) is 0 Å². The number of hydrogen-bond donors (Lipinski definition) is 1. The van der Waals surface area contributed by atoms with Crippen molar-refractivity contribution in [2.75, 3.05) is 0 Å². The Kier molecular flexibility index (Phi) is 3.53. The molecule has 0 saturated heterocycles. The predicted octanol–water partition coefficient (Wildman–Crippen LogP) is 1.51. The molecule has 5 heteroatoms. The van der Waals surface area contributed by atoms with Gasteiger partial charge in [0.05, 0.1) is 5.69 Å². The number of halogens is 1. The average Bonchev–Trinajstić information content (AvgIpc) is 2.16. The fourth-order valence-corrected chi connectivity index (χ4v) is 0.953. The van der Waals surface area contributed by atoms with Crippen molar-refractivity contribution in [1.29, 1.82) is 0 Å². The highest BCUT2D eigenvalue weighted by molar-refractivity contribution is 9.10. The van der Waals surface area contributed by atoms with Crippen LogP contribution in [0.1, 0.15) is 5.69 Å². The van der Waals surface area contributed by atoms with E-state index >= 15 is 0 Å². The van der Waals surface area contributed by atoms with Gasteiger partial charge >= 0.3 is 5.97 Å². The highest BCUT2D eigenvalue weighted by Crippen LogP contribution is 2.08. The molecule has 1 aromatic heterocycles. The number of pyridine rings is 1. The number of ketones is 1. The van der Waals surface area contributed by atoms with Crippen molar-refractivity contribution in [2.24, 2.45) is 0 Å². The average molecular weight is 256 g/mol. The highest BCUT2D eigenvalue weighted by atomic mass is 79.9. The van der Waals surface area contributed by atoms with Gasteiger partial charge in [0.2, 0.25) is 0 Å². The van der Waals surface area contributed by atoms with Crippen LogP contribution in [0.5, 0.6) is 0 Å². The normalized spacial score (nSPS) is 10.4. The maximum absolute atomic E-state index is 10.7. The summed E-state index contributed by atoms with van der Waals surface area (Å²) in [4.78, 5) is 24.7. The van der Waals surface area contributed by atoms with Crippen LogP contribution in [0.25, 0.3) is 6.08 Å². The molecule has 1 rings (SSSR count). The summed E-state index contributed by atoms with van der Waals surface area (Å²) >= 11 is 3.20. The molecule has 1 N–H and O–H groups in total. The minimum Gasteiger partial charge on any atom is -0.475 e. The van der Waals surface area contributed by atoms with Gasteiger partial charge in [-0.1, -0.05) is 0 Å². The smallest absolute Gasteiger partial charge is 0.376 e. The van der Waals surface area contributed by atoms with Crippen molar-refractivity contribution in [1.82, 2.24) is 4.98 Å². The number of carbonyl (C=O) groups excluding carboxylic acids is 1. The summed E-state index contributed by atoms with van der Waals surface area (Å²) in [5.74, 6) is -2.44. The first-order valence-electron chi connectivity index (χ1n) is 3.66. The molecule has 0 spiro atoms. The first-order chi connectivity index (χ1) is 6.59. The molecule has 0 bridgehead atoms. The monoisotopic (exact) mass is 255 g/mol. The summed E-state index contributed by atoms with van der Waals surface area (Å²) in [5, 5.41) is 8.28. The molecule has 0 aliphatic rings. The van der Waals surface area contributed by atoms with E-state index in [0.29, 0.717) is 5.69 Å². The van der Waals surface area contributed by atoms with E-state index in [-0.39, 0.29) is 0 Å². The van der Waals surface area contributed by atoms with Crippen molar-refractivity contribution in [3.63, 3.8) is 0 Å². The number of carboxylic acids is 1. The number of carboxylic acid groups (broad SMARTS) is 1. The van der Waals surface area contributed by atoms with Gasteiger partial charge in [-0.15, -0.1) is 0 Å². The van der Waals surface area contributed by atoms with Crippen LogP contribution in [0.15, 0.2) is 28.9 Å². The van der Waals surface area contributed by atoms with E-state index < -0.39 is 11.8 Å². The van der Waals surface area contributed by atoms with Crippen LogP contribution < -0.4 is 0 Å². The topological polar surface area (TPSA) is 67.3 Å². The molecule has 0 aliphatic heterocycles. The van der Waals surface area contributed by atoms with Crippen LogP contribution in [-0.2, 0) is 9.59 Å². The second kappa shape index (κ2) is 4.66. The number of hydrogen-bond acceptors (Lipinski definition) is 3. The van der Waals surface area contributed by atoms with Crippen LogP contribution in [0.3, 0.4) is 0 Å². The molecule has 1 aromatic rings. The van der Waals surface area contributed by atoms with Gasteiger partial charge in [-0.25, -0.2) is 4.79 Å². The Morgan fingerprint density at radius 3 is 2.64 bits per heavy atom. The zero-order valence-electron chi connectivity index (χ0n) is 6.98. The van der Waals surface area contributed by atoms with Crippen LogP contribution in [0, 0.1) is 0 Å². The second-order valence-electron chi connectivity index (χ2n) is 2.40. The summed E-state index contributed by atoms with van der Waals surface area (Å²) in [6.07, 6.45) is 3.88. The van der Waals surface area contributed by atoms with E-state index in [1.165, 1.54) is 6.08 Å². The predicted molar refractivity (Wildman–Crippen MR) is 53.6 cm³/mol. The molecule has 14 heavy (non-hydrogen) atoms. The van der Waals surface area contributed by atoms with Crippen molar-refractivity contribution >= 4 is 33.8 Å². The number of aromatic nitrogens is 1. The van der Waals surface area contributed by atoms with Crippen molar-refractivity contribution in [3.05, 3.63) is 34.6 Å². The number of carbonyl (C=O) groups is 2. The fraction of sp³-hybridized carbons (Fsp3) is 0. The SMILES string of the molecule is O=C(O)C(=O)/C=C/c1ccc(Br)cn1. The lowest BCUT2D eigenvalue weighted by Crippen LogP contribution is -2.08. The van der Waals surface area contributed by atoms with Gasteiger partial charge in [0.15, 0.2) is 0 Å². The van der Waals surface area contributed by atoms with Crippen LogP contribution >= 0.6 is 15.9 Å². The Hall–Kier alpha value is -1.49. The molecule has 0 atom stereocenters. The number of nitrogens with zero attached hydrogens (tertiary/aromatic N) is 1. The minimum absolute atomic E-state index is 0.530. The maximum atomic E-state index is 10.7. The standard InChI is InChI=1S/C9H6BrNO3/c10-6-1-2-7(11-5-6)3-4-8(12)9(13)14/h1-5H,(H,13,14)/b4-3+. The molecule has 0 fully saturated rings.